The summed E-state index contributed by atoms with van der Waals surface area (Å²) >= 11 is 0. The largest absolute Gasteiger partial charge is 0.756 e. The van der Waals surface area contributed by atoms with E-state index in [1.807, 2.05) is 17.8 Å². The Hall–Kier alpha value is -0.940. The minimum absolute atomic E-state index is 0.183. The summed E-state index contributed by atoms with van der Waals surface area (Å²) in [5.41, 5.74) is 0. The Morgan fingerprint density at radius 3 is 2.56 bits per heavy atom. The molecule has 1 N–H and O–H groups in total. The molecule has 0 saturated heterocycles. The average Bonchev–Trinajstić information content (AvgIpc) is 2.61. The summed E-state index contributed by atoms with van der Waals surface area (Å²) in [6.45, 7) is 6.17. The van der Waals surface area contributed by atoms with Gasteiger partial charge in [0.25, 0.3) is 7.82 Å². The van der Waals surface area contributed by atoms with Crippen LogP contribution in [0.1, 0.15) is 6.92 Å². The van der Waals surface area contributed by atoms with Crippen molar-refractivity contribution in [2.24, 2.45) is 7.05 Å². The van der Waals surface area contributed by atoms with Crippen LogP contribution in [0.3, 0.4) is 0 Å². The number of rotatable bonds is 4. The zero-order chi connectivity index (χ0) is 12.6. The van der Waals surface area contributed by atoms with Crippen LogP contribution in [0.25, 0.3) is 0 Å². The molecule has 0 spiro atoms. The molecule has 1 rings (SSSR count). The number of hydrogen-bond acceptors (Lipinski definition) is 3. The molecule has 7 heteroatoms. The summed E-state index contributed by atoms with van der Waals surface area (Å²) in [7, 11) is -2.48. The number of hydrogen-bond donors (Lipinski definition) is 1. The highest BCUT2D eigenvalue weighted by molar-refractivity contribution is 7.44. The van der Waals surface area contributed by atoms with Crippen LogP contribution in [0.5, 0.6) is 0 Å². The minimum Gasteiger partial charge on any atom is -0.756 e. The molecule has 1 unspecified atom stereocenters. The maximum absolute atomic E-state index is 9.70. The standard InChI is InChI=1S/C6H11N2.C3H7O4P/c1-3-8-5-4-7(2)6-8;1-2-3-7-8(4,5)6/h4-6H,3H2,1-2H3;2H,1,3H2,(H2,4,5,6)/q+1;/p-1. The maximum atomic E-state index is 9.70. The summed E-state index contributed by atoms with van der Waals surface area (Å²) in [5.74, 6) is 0. The van der Waals surface area contributed by atoms with Crippen LogP contribution in [0.4, 0.5) is 0 Å². The van der Waals surface area contributed by atoms with Crippen molar-refractivity contribution in [3.05, 3.63) is 31.4 Å². The lowest BCUT2D eigenvalue weighted by Crippen LogP contribution is -2.23. The number of aryl methyl sites for hydroxylation is 2. The molecular weight excluding hydrogens is 231 g/mol. The third-order valence-corrected chi connectivity index (χ3v) is 2.02. The molecule has 0 bridgehead atoms. The van der Waals surface area contributed by atoms with Crippen molar-refractivity contribution in [1.82, 2.24) is 4.57 Å². The lowest BCUT2D eigenvalue weighted by Gasteiger charge is -2.12. The highest BCUT2D eigenvalue weighted by atomic mass is 31.2. The van der Waals surface area contributed by atoms with E-state index in [2.05, 4.69) is 35.1 Å². The van der Waals surface area contributed by atoms with Crippen molar-refractivity contribution in [2.75, 3.05) is 6.61 Å². The molecule has 1 atom stereocenters. The van der Waals surface area contributed by atoms with E-state index in [0.29, 0.717) is 0 Å². The van der Waals surface area contributed by atoms with E-state index in [4.69, 9.17) is 4.89 Å². The number of nitrogens with zero attached hydrogens (tertiary/aromatic N) is 2. The predicted molar refractivity (Wildman–Crippen MR) is 57.3 cm³/mol. The molecule has 0 aliphatic rings. The van der Waals surface area contributed by atoms with Gasteiger partial charge in [0.1, 0.15) is 12.4 Å². The SMILES string of the molecule is C=CCOP(=O)([O-])O.CCn1cc[n+](C)c1. The Morgan fingerprint density at radius 2 is 2.38 bits per heavy atom. The first-order chi connectivity index (χ1) is 7.39. The number of phosphoric acid groups is 1. The van der Waals surface area contributed by atoms with Crippen molar-refractivity contribution in [3.8, 4) is 0 Å². The fourth-order valence-corrected chi connectivity index (χ4v) is 1.13. The first-order valence-corrected chi connectivity index (χ1v) is 6.19. The molecule has 0 fully saturated rings. The first-order valence-electron chi connectivity index (χ1n) is 4.69. The molecule has 92 valence electrons. The van der Waals surface area contributed by atoms with Crippen molar-refractivity contribution in [3.63, 3.8) is 0 Å². The van der Waals surface area contributed by atoms with Gasteiger partial charge in [0.15, 0.2) is 0 Å². The van der Waals surface area contributed by atoms with Crippen molar-refractivity contribution < 1.29 is 23.4 Å². The number of aromatic nitrogens is 2. The third kappa shape index (κ3) is 8.38. The van der Waals surface area contributed by atoms with Gasteiger partial charge in [-0.2, -0.15) is 0 Å². The van der Waals surface area contributed by atoms with Gasteiger partial charge < -0.3 is 14.3 Å². The van der Waals surface area contributed by atoms with Gasteiger partial charge in [-0.25, -0.2) is 9.13 Å². The average molecular weight is 248 g/mol. The summed E-state index contributed by atoms with van der Waals surface area (Å²) < 4.78 is 17.7. The van der Waals surface area contributed by atoms with Crippen LogP contribution in [-0.4, -0.2) is 16.1 Å². The molecule has 0 saturated carbocycles. The fraction of sp³-hybridized carbons (Fsp3) is 0.444. The Balaban J connectivity index is 0.000000281. The van der Waals surface area contributed by atoms with Crippen LogP contribution in [0, 0.1) is 0 Å². The fourth-order valence-electron chi connectivity index (χ4n) is 0.836. The Bertz CT molecular complexity index is 358. The van der Waals surface area contributed by atoms with Gasteiger partial charge in [-0.1, -0.05) is 6.08 Å². The topological polar surface area (TPSA) is 78.4 Å². The second kappa shape index (κ2) is 7.35. The molecule has 6 nitrogen and oxygen atoms in total. The molecule has 1 heterocycles. The van der Waals surface area contributed by atoms with E-state index in [1.54, 1.807) is 0 Å². The quantitative estimate of drug-likeness (QED) is 0.461. The molecule has 0 amide bonds. The van der Waals surface area contributed by atoms with Gasteiger partial charge >= 0.3 is 0 Å². The molecule has 0 aromatic carbocycles. The van der Waals surface area contributed by atoms with E-state index >= 15 is 0 Å². The summed E-state index contributed by atoms with van der Waals surface area (Å²) in [5, 5.41) is 0. The Morgan fingerprint density at radius 1 is 1.75 bits per heavy atom. The maximum Gasteiger partial charge on any atom is 0.265 e. The minimum atomic E-state index is -4.50. The summed E-state index contributed by atoms with van der Waals surface area (Å²) in [6.07, 6.45) is 7.37. The van der Waals surface area contributed by atoms with Crippen LogP contribution >= 0.6 is 7.82 Å². The molecule has 1 aromatic rings. The van der Waals surface area contributed by atoms with Crippen LogP contribution < -0.4 is 9.46 Å². The molecule has 16 heavy (non-hydrogen) atoms. The predicted octanol–water partition coefficient (Wildman–Crippen LogP) is -0.0178. The second-order valence-corrected chi connectivity index (χ2v) is 4.16. The third-order valence-electron chi connectivity index (χ3n) is 1.54. The van der Waals surface area contributed by atoms with Crippen LogP contribution in [-0.2, 0) is 22.7 Å². The van der Waals surface area contributed by atoms with E-state index in [1.165, 1.54) is 6.08 Å². The monoisotopic (exact) mass is 248 g/mol. The molecular formula is C9H17N2O4P. The summed E-state index contributed by atoms with van der Waals surface area (Å²) in [6, 6.07) is 0. The van der Waals surface area contributed by atoms with Gasteiger partial charge in [-0.3, -0.25) is 4.57 Å². The molecule has 0 aliphatic heterocycles. The van der Waals surface area contributed by atoms with Crippen molar-refractivity contribution in [2.45, 2.75) is 13.5 Å². The van der Waals surface area contributed by atoms with E-state index < -0.39 is 7.82 Å². The normalized spacial score (nSPS) is 13.5. The van der Waals surface area contributed by atoms with Crippen LogP contribution in [0.15, 0.2) is 31.4 Å². The van der Waals surface area contributed by atoms with Gasteiger partial charge in [0.05, 0.1) is 20.2 Å². The lowest BCUT2D eigenvalue weighted by atomic mass is 10.7. The first kappa shape index (κ1) is 15.1. The smallest absolute Gasteiger partial charge is 0.265 e. The molecule has 0 radical (unpaired) electrons. The zero-order valence-electron chi connectivity index (χ0n) is 9.44. The van der Waals surface area contributed by atoms with Gasteiger partial charge in [-0.05, 0) is 6.92 Å². The van der Waals surface area contributed by atoms with Crippen molar-refractivity contribution >= 4 is 7.82 Å². The summed E-state index contributed by atoms with van der Waals surface area (Å²) in [4.78, 5) is 17.6. The lowest BCUT2D eigenvalue weighted by molar-refractivity contribution is -0.671. The zero-order valence-corrected chi connectivity index (χ0v) is 10.3. The van der Waals surface area contributed by atoms with Gasteiger partial charge in [0.2, 0.25) is 6.33 Å². The van der Waals surface area contributed by atoms with Gasteiger partial charge in [0, 0.05) is 0 Å². The van der Waals surface area contributed by atoms with E-state index in [-0.39, 0.29) is 6.61 Å². The molecule has 0 aliphatic carbocycles. The number of phosphoric ester groups is 1. The van der Waals surface area contributed by atoms with Crippen molar-refractivity contribution in [1.29, 1.82) is 0 Å². The number of imidazole rings is 1. The van der Waals surface area contributed by atoms with E-state index in [0.717, 1.165) is 6.54 Å². The highest BCUT2D eigenvalue weighted by Gasteiger charge is 1.96. The Labute approximate surface area is 95.0 Å². The van der Waals surface area contributed by atoms with Crippen LogP contribution in [0.2, 0.25) is 0 Å². The Kier molecular flexibility index (Phi) is 6.92. The van der Waals surface area contributed by atoms with Gasteiger partial charge in [-0.15, -0.1) is 6.58 Å². The second-order valence-electron chi connectivity index (χ2n) is 2.96. The van der Waals surface area contributed by atoms with E-state index in [9.17, 15) is 9.46 Å². The molecule has 1 aromatic heterocycles. The highest BCUT2D eigenvalue weighted by Crippen LogP contribution is 2.29.